The number of unbranched alkanes of at least 4 members (excludes halogenated alkanes) is 11. The van der Waals surface area contributed by atoms with Crippen molar-refractivity contribution in [2.45, 2.75) is 132 Å². The van der Waals surface area contributed by atoms with Crippen LogP contribution in [0.3, 0.4) is 0 Å². The SMILES string of the molecule is CCCCCCCCCCCCCC[NH3+].O=C([O-])C(F)(F)C(F)(F)C(F)(F)C(F)(F)C(F)(F)C(F)(F)C(F)(F)C(F)(F)F. The van der Waals surface area contributed by atoms with Gasteiger partial charge in [-0.1, -0.05) is 71.1 Å². The van der Waals surface area contributed by atoms with Crippen molar-refractivity contribution in [2.75, 3.05) is 6.54 Å². The minimum Gasteiger partial charge on any atom is -0.544 e. The lowest BCUT2D eigenvalue weighted by atomic mass is 9.89. The normalized spacial score (nSPS) is 14.4. The van der Waals surface area contributed by atoms with Crippen LogP contribution in [-0.2, 0) is 4.79 Å². The Labute approximate surface area is 235 Å². The molecule has 0 amide bonds. The van der Waals surface area contributed by atoms with Crippen molar-refractivity contribution >= 4 is 5.97 Å². The molecule has 0 fully saturated rings. The first kappa shape index (κ1) is 43.4. The zero-order valence-corrected chi connectivity index (χ0v) is 22.6. The Morgan fingerprint density at radius 1 is 0.465 bits per heavy atom. The third-order valence-corrected chi connectivity index (χ3v) is 6.08. The standard InChI is InChI=1S/C14H31N.C9HF17O2/c1-2-3-4-5-6-7-8-9-10-11-12-13-14-15;10-2(11,1(27)28)3(12,13)4(14,15)5(16,17)6(18,19)7(20,21)8(22,23)9(24,25)26/h2-15H2,1H3;(H,27,28). The van der Waals surface area contributed by atoms with Gasteiger partial charge in [0.15, 0.2) is 0 Å². The molecule has 20 heteroatoms. The number of carboxylic acids is 1. The lowest BCUT2D eigenvalue weighted by Gasteiger charge is -2.42. The van der Waals surface area contributed by atoms with Gasteiger partial charge in [-0.25, -0.2) is 0 Å². The topological polar surface area (TPSA) is 67.8 Å². The maximum Gasteiger partial charge on any atom is 0.460 e. The van der Waals surface area contributed by atoms with Gasteiger partial charge < -0.3 is 15.6 Å². The molecule has 0 saturated carbocycles. The molecule has 0 aliphatic carbocycles. The van der Waals surface area contributed by atoms with Gasteiger partial charge in [0.05, 0.1) is 6.54 Å². The van der Waals surface area contributed by atoms with E-state index in [9.17, 15) is 84.5 Å². The zero-order valence-electron chi connectivity index (χ0n) is 22.6. The number of carbonyl (C=O) groups is 1. The van der Waals surface area contributed by atoms with Crippen LogP contribution in [0.2, 0.25) is 0 Å². The fourth-order valence-corrected chi connectivity index (χ4v) is 3.31. The van der Waals surface area contributed by atoms with Gasteiger partial charge in [-0.3, -0.25) is 0 Å². The first-order chi connectivity index (χ1) is 19.1. The van der Waals surface area contributed by atoms with E-state index < -0.39 is 53.6 Å². The molecule has 0 radical (unpaired) electrons. The molecule has 3 N–H and O–H groups in total. The minimum atomic E-state index is -8.79. The summed E-state index contributed by atoms with van der Waals surface area (Å²) in [7, 11) is 0. The van der Waals surface area contributed by atoms with E-state index >= 15 is 0 Å². The summed E-state index contributed by atoms with van der Waals surface area (Å²) in [5, 5.41) is 9.65. The monoisotopic (exact) mass is 677 g/mol. The van der Waals surface area contributed by atoms with E-state index in [1.165, 1.54) is 77.0 Å². The number of hydrogen-bond acceptors (Lipinski definition) is 2. The molecule has 0 aliphatic rings. The highest BCUT2D eigenvalue weighted by molar-refractivity contribution is 5.75. The molecular weight excluding hydrogens is 645 g/mol. The predicted molar refractivity (Wildman–Crippen MR) is 115 cm³/mol. The van der Waals surface area contributed by atoms with Gasteiger partial charge in [-0.2, -0.15) is 74.6 Å². The second kappa shape index (κ2) is 16.0. The van der Waals surface area contributed by atoms with Crippen molar-refractivity contribution in [3.8, 4) is 0 Å². The fraction of sp³-hybridized carbons (Fsp3) is 0.957. The number of aliphatic carboxylic acids is 1. The third-order valence-electron chi connectivity index (χ3n) is 6.08. The highest BCUT2D eigenvalue weighted by atomic mass is 19.4. The van der Waals surface area contributed by atoms with Crippen molar-refractivity contribution in [1.82, 2.24) is 0 Å². The molecule has 0 rings (SSSR count). The number of quaternary nitrogens is 1. The molecule has 0 atom stereocenters. The molecule has 0 aromatic carbocycles. The van der Waals surface area contributed by atoms with Crippen LogP contribution in [0, 0.1) is 0 Å². The highest BCUT2D eigenvalue weighted by Crippen LogP contribution is 2.63. The Kier molecular flexibility index (Phi) is 16.1. The van der Waals surface area contributed by atoms with E-state index in [0.29, 0.717) is 0 Å². The van der Waals surface area contributed by atoms with Crippen LogP contribution >= 0.6 is 0 Å². The Bertz CT molecular complexity index is 817. The molecule has 0 bridgehead atoms. The number of rotatable bonds is 19. The largest absolute Gasteiger partial charge is 0.544 e. The molecule has 0 aromatic heterocycles. The summed E-state index contributed by atoms with van der Waals surface area (Å²) in [5.74, 6) is -63.5. The van der Waals surface area contributed by atoms with E-state index in [2.05, 4.69) is 12.7 Å². The molecule has 0 unspecified atom stereocenters. The molecule has 43 heavy (non-hydrogen) atoms. The summed E-state index contributed by atoms with van der Waals surface area (Å²) in [6, 6.07) is 0. The zero-order chi connectivity index (χ0) is 34.8. The Morgan fingerprint density at radius 3 is 0.977 bits per heavy atom. The molecule has 0 aliphatic heterocycles. The second-order valence-electron chi connectivity index (χ2n) is 9.55. The summed E-state index contributed by atoms with van der Waals surface area (Å²) < 4.78 is 214. The van der Waals surface area contributed by atoms with Crippen molar-refractivity contribution < 1.29 is 90.3 Å². The summed E-state index contributed by atoms with van der Waals surface area (Å²) >= 11 is 0. The van der Waals surface area contributed by atoms with Crippen molar-refractivity contribution in [3.05, 3.63) is 0 Å². The number of hydrogen-bond donors (Lipinski definition) is 1. The summed E-state index contributed by atoms with van der Waals surface area (Å²) in [4.78, 5) is 9.65. The number of carboxylic acid groups (broad SMARTS) is 1. The van der Waals surface area contributed by atoms with E-state index in [1.54, 1.807) is 0 Å². The maximum absolute atomic E-state index is 13.0. The maximum atomic E-state index is 13.0. The van der Waals surface area contributed by atoms with Crippen LogP contribution in [-0.4, -0.2) is 60.1 Å². The van der Waals surface area contributed by atoms with Crippen molar-refractivity contribution in [1.29, 1.82) is 0 Å². The van der Waals surface area contributed by atoms with E-state index in [4.69, 9.17) is 0 Å². The smallest absolute Gasteiger partial charge is 0.460 e. The minimum absolute atomic E-state index is 1.12. The van der Waals surface area contributed by atoms with E-state index in [1.807, 2.05) is 0 Å². The predicted octanol–water partition coefficient (Wildman–Crippen LogP) is 7.68. The van der Waals surface area contributed by atoms with Crippen molar-refractivity contribution in [3.63, 3.8) is 0 Å². The molecular formula is C23H32F17NO2. The Hall–Kier alpha value is -1.76. The number of halogens is 17. The van der Waals surface area contributed by atoms with Gasteiger partial charge in [-0.15, -0.1) is 0 Å². The van der Waals surface area contributed by atoms with Gasteiger partial charge in [0.25, 0.3) is 0 Å². The molecule has 0 aromatic rings. The average molecular weight is 677 g/mol. The number of alkyl halides is 17. The Balaban J connectivity index is 0. The highest BCUT2D eigenvalue weighted by Gasteiger charge is 2.95. The summed E-state index contributed by atoms with van der Waals surface area (Å²) in [6.07, 6.45) is 9.38. The molecule has 0 saturated heterocycles. The first-order valence-corrected chi connectivity index (χ1v) is 12.8. The summed E-state index contributed by atoms with van der Waals surface area (Å²) in [6.45, 7) is 3.41. The van der Waals surface area contributed by atoms with Gasteiger partial charge in [0.2, 0.25) is 0 Å². The molecule has 260 valence electrons. The Morgan fingerprint density at radius 2 is 0.721 bits per heavy atom. The summed E-state index contributed by atoms with van der Waals surface area (Å²) in [5.41, 5.74) is 3.87. The lowest BCUT2D eigenvalue weighted by Crippen LogP contribution is -2.75. The van der Waals surface area contributed by atoms with Crippen LogP contribution in [0.25, 0.3) is 0 Å². The molecule has 0 spiro atoms. The van der Waals surface area contributed by atoms with E-state index in [-0.39, 0.29) is 0 Å². The van der Waals surface area contributed by atoms with Crippen LogP contribution in [0.1, 0.15) is 84.0 Å². The van der Waals surface area contributed by atoms with Crippen LogP contribution in [0.15, 0.2) is 0 Å². The van der Waals surface area contributed by atoms with Gasteiger partial charge in [0.1, 0.15) is 5.97 Å². The van der Waals surface area contributed by atoms with Crippen LogP contribution in [0.5, 0.6) is 0 Å². The third kappa shape index (κ3) is 9.37. The first-order valence-electron chi connectivity index (χ1n) is 12.8. The lowest BCUT2D eigenvalue weighted by molar-refractivity contribution is -0.463. The average Bonchev–Trinajstić information content (AvgIpc) is 2.86. The van der Waals surface area contributed by atoms with Gasteiger partial charge in [0, 0.05) is 0 Å². The van der Waals surface area contributed by atoms with Gasteiger partial charge >= 0.3 is 47.6 Å². The van der Waals surface area contributed by atoms with Crippen LogP contribution in [0.4, 0.5) is 74.6 Å². The number of carbonyl (C=O) groups excluding carboxylic acids is 1. The fourth-order valence-electron chi connectivity index (χ4n) is 3.31. The van der Waals surface area contributed by atoms with Gasteiger partial charge in [-0.05, 0) is 12.8 Å². The molecule has 3 nitrogen and oxygen atoms in total. The second-order valence-corrected chi connectivity index (χ2v) is 9.55. The molecule has 0 heterocycles. The van der Waals surface area contributed by atoms with Crippen LogP contribution < -0.4 is 10.8 Å². The quantitative estimate of drug-likeness (QED) is 0.113. The van der Waals surface area contributed by atoms with Crippen molar-refractivity contribution in [2.24, 2.45) is 0 Å². The van der Waals surface area contributed by atoms with E-state index in [0.717, 1.165) is 6.54 Å².